The quantitative estimate of drug-likeness (QED) is 0.547. The Morgan fingerprint density at radius 2 is 2.00 bits per heavy atom. The minimum absolute atomic E-state index is 0.0748. The van der Waals surface area contributed by atoms with Crippen molar-refractivity contribution in [3.63, 3.8) is 0 Å². The van der Waals surface area contributed by atoms with Crippen LogP contribution in [-0.4, -0.2) is 29.1 Å². The topological polar surface area (TPSA) is 77.5 Å². The Kier molecular flexibility index (Phi) is 7.09. The first kappa shape index (κ1) is 22.1. The highest BCUT2D eigenvalue weighted by Crippen LogP contribution is 2.30. The Labute approximate surface area is 169 Å². The second kappa shape index (κ2) is 9.32. The molecule has 0 saturated heterocycles. The van der Waals surface area contributed by atoms with Gasteiger partial charge in [-0.15, -0.1) is 6.58 Å². The first-order valence-corrected chi connectivity index (χ1v) is 9.11. The molecule has 0 fully saturated rings. The van der Waals surface area contributed by atoms with E-state index in [2.05, 4.69) is 16.9 Å². The Balaban J connectivity index is 2.39. The van der Waals surface area contributed by atoms with Gasteiger partial charge in [0.15, 0.2) is 6.10 Å². The number of halogens is 1. The van der Waals surface area contributed by atoms with Crippen LogP contribution in [0.5, 0.6) is 0 Å². The Hall–Kier alpha value is -3.22. The number of nitrogens with zero attached hydrogens (tertiary/aromatic N) is 1. The summed E-state index contributed by atoms with van der Waals surface area (Å²) < 4.78 is 25.5. The average Bonchev–Trinajstić information content (AvgIpc) is 2.63. The van der Waals surface area contributed by atoms with Gasteiger partial charge < -0.3 is 14.8 Å². The molecule has 7 heteroatoms. The number of hydrogen-bond acceptors (Lipinski definition) is 6. The van der Waals surface area contributed by atoms with Gasteiger partial charge >= 0.3 is 11.9 Å². The van der Waals surface area contributed by atoms with Crippen molar-refractivity contribution >= 4 is 17.8 Å². The van der Waals surface area contributed by atoms with Crippen LogP contribution in [-0.2, 0) is 14.3 Å². The van der Waals surface area contributed by atoms with E-state index in [0.29, 0.717) is 17.9 Å². The van der Waals surface area contributed by atoms with Gasteiger partial charge in [-0.1, -0.05) is 12.1 Å². The van der Waals surface area contributed by atoms with E-state index in [1.54, 1.807) is 39.0 Å². The largest absolute Gasteiger partial charge is 0.456 e. The summed E-state index contributed by atoms with van der Waals surface area (Å²) in [6, 6.07) is 7.24. The van der Waals surface area contributed by atoms with E-state index in [4.69, 9.17) is 9.47 Å². The van der Waals surface area contributed by atoms with E-state index in [9.17, 15) is 14.0 Å². The van der Waals surface area contributed by atoms with Crippen molar-refractivity contribution in [3.8, 4) is 0 Å². The van der Waals surface area contributed by atoms with Crippen molar-refractivity contribution in [2.75, 3.05) is 11.9 Å². The smallest absolute Gasteiger partial charge is 0.338 e. The number of carbonyl (C=O) groups excluding carboxylic acids is 2. The third kappa shape index (κ3) is 6.41. The van der Waals surface area contributed by atoms with E-state index in [0.717, 1.165) is 6.07 Å². The van der Waals surface area contributed by atoms with E-state index < -0.39 is 29.5 Å². The number of anilines is 1. The van der Waals surface area contributed by atoms with Gasteiger partial charge in [-0.05, 0) is 45.0 Å². The Morgan fingerprint density at radius 1 is 1.28 bits per heavy atom. The first-order chi connectivity index (χ1) is 13.6. The van der Waals surface area contributed by atoms with Gasteiger partial charge in [0, 0.05) is 30.8 Å². The molecule has 154 valence electrons. The molecule has 0 aliphatic heterocycles. The zero-order valence-electron chi connectivity index (χ0n) is 17.0. The highest BCUT2D eigenvalue weighted by Gasteiger charge is 2.24. The lowest BCUT2D eigenvalue weighted by molar-refractivity contribution is -0.144. The third-order valence-corrected chi connectivity index (χ3v) is 3.72. The number of hydrogen-bond donors (Lipinski definition) is 1. The van der Waals surface area contributed by atoms with Gasteiger partial charge in [0.1, 0.15) is 17.2 Å². The van der Waals surface area contributed by atoms with Crippen LogP contribution in [0.1, 0.15) is 55.3 Å². The molecule has 0 radical (unpaired) electrons. The van der Waals surface area contributed by atoms with Crippen molar-refractivity contribution in [1.29, 1.82) is 0 Å². The molecule has 0 bridgehead atoms. The van der Waals surface area contributed by atoms with Crippen molar-refractivity contribution in [3.05, 3.63) is 71.7 Å². The molecule has 0 spiro atoms. The highest BCUT2D eigenvalue weighted by atomic mass is 19.1. The summed E-state index contributed by atoms with van der Waals surface area (Å²) >= 11 is 0. The molecule has 1 aromatic carbocycles. The number of rotatable bonds is 7. The number of nitrogens with one attached hydrogen (secondary N) is 1. The lowest BCUT2D eigenvalue weighted by Gasteiger charge is -2.21. The van der Waals surface area contributed by atoms with Gasteiger partial charge in [-0.2, -0.15) is 0 Å². The van der Waals surface area contributed by atoms with Gasteiger partial charge in [0.2, 0.25) is 0 Å². The Bertz CT molecular complexity index is 906. The molecule has 0 amide bonds. The second-order valence-electron chi connectivity index (χ2n) is 7.37. The van der Waals surface area contributed by atoms with Crippen LogP contribution in [0.25, 0.3) is 0 Å². The van der Waals surface area contributed by atoms with Crippen LogP contribution in [0.15, 0.2) is 49.2 Å². The molecule has 1 heterocycles. The second-order valence-corrected chi connectivity index (χ2v) is 7.37. The van der Waals surface area contributed by atoms with Gasteiger partial charge in [-0.25, -0.2) is 14.2 Å². The summed E-state index contributed by atoms with van der Waals surface area (Å²) in [5.74, 6) is -1.35. The van der Waals surface area contributed by atoms with Crippen molar-refractivity contribution in [2.24, 2.45) is 0 Å². The third-order valence-electron chi connectivity index (χ3n) is 3.72. The van der Waals surface area contributed by atoms with Crippen LogP contribution >= 0.6 is 0 Å². The maximum absolute atomic E-state index is 14.9. The summed E-state index contributed by atoms with van der Waals surface area (Å²) in [5, 5.41) is 3.03. The number of benzene rings is 1. The molecule has 29 heavy (non-hydrogen) atoms. The molecular weight excluding hydrogens is 375 g/mol. The van der Waals surface area contributed by atoms with Crippen molar-refractivity contribution in [2.45, 2.75) is 39.4 Å². The van der Waals surface area contributed by atoms with Crippen LogP contribution in [0, 0.1) is 5.82 Å². The first-order valence-electron chi connectivity index (χ1n) is 9.11. The zero-order valence-corrected chi connectivity index (χ0v) is 17.0. The molecule has 1 unspecified atom stereocenters. The maximum Gasteiger partial charge on any atom is 0.338 e. The van der Waals surface area contributed by atoms with Crippen LogP contribution in [0.4, 0.5) is 10.2 Å². The summed E-state index contributed by atoms with van der Waals surface area (Å²) in [6.07, 6.45) is 2.21. The number of ether oxygens (including phenoxy) is 2. The fraction of sp³-hybridized carbons (Fsp3) is 0.318. The van der Waals surface area contributed by atoms with Gasteiger partial charge in [0.25, 0.3) is 0 Å². The molecule has 1 aromatic heterocycles. The monoisotopic (exact) mass is 400 g/mol. The lowest BCUT2D eigenvalue weighted by atomic mass is 10.00. The van der Waals surface area contributed by atoms with Gasteiger partial charge in [0.05, 0.1) is 5.56 Å². The normalized spacial score (nSPS) is 12.0. The highest BCUT2D eigenvalue weighted by molar-refractivity contribution is 5.89. The lowest BCUT2D eigenvalue weighted by Crippen LogP contribution is -2.24. The molecule has 6 nitrogen and oxygen atoms in total. The van der Waals surface area contributed by atoms with Crippen LogP contribution in [0.3, 0.4) is 0 Å². The number of carbonyl (C=O) groups is 2. The van der Waals surface area contributed by atoms with E-state index in [1.807, 2.05) is 0 Å². The van der Waals surface area contributed by atoms with Crippen LogP contribution in [0.2, 0.25) is 0 Å². The molecule has 0 saturated carbocycles. The molecule has 2 rings (SSSR count). The minimum Gasteiger partial charge on any atom is -0.456 e. The summed E-state index contributed by atoms with van der Waals surface area (Å²) in [4.78, 5) is 28.0. The maximum atomic E-state index is 14.9. The Morgan fingerprint density at radius 3 is 2.59 bits per heavy atom. The van der Waals surface area contributed by atoms with Crippen molar-refractivity contribution in [1.82, 2.24) is 4.98 Å². The van der Waals surface area contributed by atoms with E-state index in [1.165, 1.54) is 25.3 Å². The molecule has 2 aromatic rings. The summed E-state index contributed by atoms with van der Waals surface area (Å²) in [7, 11) is 0. The SMILES string of the molecule is C=CCNc1cc(C(OC(C)=O)c2ccc(C(=O)OC(C)(C)C)cc2F)ccn1. The number of esters is 2. The van der Waals surface area contributed by atoms with Crippen molar-refractivity contribution < 1.29 is 23.5 Å². The number of pyridine rings is 1. The summed E-state index contributed by atoms with van der Waals surface area (Å²) in [5.41, 5.74) is 0.0307. The van der Waals surface area contributed by atoms with E-state index in [-0.39, 0.29) is 11.1 Å². The molecular formula is C22H25FN2O4. The standard InChI is InChI=1S/C22H25FN2O4/c1-6-10-24-19-13-15(9-11-25-19)20(28-14(2)26)17-8-7-16(12-18(17)23)21(27)29-22(3,4)5/h6-9,11-13,20H,1,10H2,2-5H3,(H,24,25). The molecule has 0 aliphatic carbocycles. The van der Waals surface area contributed by atoms with E-state index >= 15 is 0 Å². The molecule has 1 atom stereocenters. The predicted octanol–water partition coefficient (Wildman–Crippen LogP) is 4.43. The van der Waals surface area contributed by atoms with Crippen LogP contribution < -0.4 is 5.32 Å². The average molecular weight is 400 g/mol. The van der Waals surface area contributed by atoms with Gasteiger partial charge in [-0.3, -0.25) is 4.79 Å². The summed E-state index contributed by atoms with van der Waals surface area (Å²) in [6.45, 7) is 10.6. The fourth-order valence-corrected chi connectivity index (χ4v) is 2.56. The number of aromatic nitrogens is 1. The predicted molar refractivity (Wildman–Crippen MR) is 108 cm³/mol. The zero-order chi connectivity index (χ0) is 21.6. The fourth-order valence-electron chi connectivity index (χ4n) is 2.56. The molecule has 0 aliphatic rings. The molecule has 1 N–H and O–H groups in total. The minimum atomic E-state index is -0.993.